The van der Waals surface area contributed by atoms with Crippen LogP contribution in [-0.4, -0.2) is 55.6 Å². The van der Waals surface area contributed by atoms with Crippen molar-refractivity contribution in [1.82, 2.24) is 9.80 Å². The standard InChI is InChI=1S/C14H19FN2O2/c1-16(10-12-4-2-3-5-13(12)15)11-14(18)17-6-8-19-9-7-17/h2-5H,6-11H2,1H3. The molecule has 1 fully saturated rings. The Hall–Kier alpha value is -1.46. The van der Waals surface area contributed by atoms with Crippen molar-refractivity contribution in [3.8, 4) is 0 Å². The van der Waals surface area contributed by atoms with Gasteiger partial charge >= 0.3 is 0 Å². The number of likely N-dealkylation sites (N-methyl/N-ethyl adjacent to an activating group) is 1. The summed E-state index contributed by atoms with van der Waals surface area (Å²) in [4.78, 5) is 15.6. The normalized spacial score (nSPS) is 15.8. The van der Waals surface area contributed by atoms with E-state index in [-0.39, 0.29) is 11.7 Å². The maximum atomic E-state index is 13.5. The minimum atomic E-state index is -0.229. The van der Waals surface area contributed by atoms with E-state index in [0.29, 0.717) is 45.0 Å². The molecule has 0 unspecified atom stereocenters. The predicted octanol–water partition coefficient (Wildman–Crippen LogP) is 1.12. The summed E-state index contributed by atoms with van der Waals surface area (Å²) >= 11 is 0. The smallest absolute Gasteiger partial charge is 0.236 e. The predicted molar refractivity (Wildman–Crippen MR) is 70.1 cm³/mol. The highest BCUT2D eigenvalue weighted by Gasteiger charge is 2.18. The van der Waals surface area contributed by atoms with Crippen molar-refractivity contribution in [2.45, 2.75) is 6.54 Å². The third kappa shape index (κ3) is 4.01. The average Bonchev–Trinajstić information content (AvgIpc) is 2.42. The Bertz CT molecular complexity index is 433. The number of carbonyl (C=O) groups is 1. The molecule has 1 aliphatic heterocycles. The molecule has 0 aliphatic carbocycles. The van der Waals surface area contributed by atoms with Crippen molar-refractivity contribution in [1.29, 1.82) is 0 Å². The van der Waals surface area contributed by atoms with E-state index in [1.54, 1.807) is 23.1 Å². The second kappa shape index (κ2) is 6.63. The first-order chi connectivity index (χ1) is 9.16. The number of nitrogens with zero attached hydrogens (tertiary/aromatic N) is 2. The molecule has 0 aromatic heterocycles. The van der Waals surface area contributed by atoms with E-state index < -0.39 is 0 Å². The van der Waals surface area contributed by atoms with E-state index in [2.05, 4.69) is 0 Å². The van der Waals surface area contributed by atoms with Crippen LogP contribution in [-0.2, 0) is 16.1 Å². The molecule has 1 saturated heterocycles. The number of rotatable bonds is 4. The van der Waals surface area contributed by atoms with Gasteiger partial charge in [-0.1, -0.05) is 18.2 Å². The lowest BCUT2D eigenvalue weighted by atomic mass is 10.2. The summed E-state index contributed by atoms with van der Waals surface area (Å²) in [7, 11) is 1.82. The van der Waals surface area contributed by atoms with Gasteiger partial charge in [0.25, 0.3) is 0 Å². The summed E-state index contributed by atoms with van der Waals surface area (Å²) in [6.45, 7) is 3.22. The molecule has 1 aliphatic rings. The number of amides is 1. The van der Waals surface area contributed by atoms with E-state index in [4.69, 9.17) is 4.74 Å². The van der Waals surface area contributed by atoms with Crippen LogP contribution in [0.15, 0.2) is 24.3 Å². The number of hydrogen-bond acceptors (Lipinski definition) is 3. The molecule has 104 valence electrons. The molecule has 4 nitrogen and oxygen atoms in total. The first-order valence-electron chi connectivity index (χ1n) is 6.44. The number of morpholine rings is 1. The quantitative estimate of drug-likeness (QED) is 0.818. The van der Waals surface area contributed by atoms with Crippen LogP contribution in [0, 0.1) is 5.82 Å². The van der Waals surface area contributed by atoms with Gasteiger partial charge in [0.1, 0.15) is 5.82 Å². The number of benzene rings is 1. The molecule has 19 heavy (non-hydrogen) atoms. The number of hydrogen-bond donors (Lipinski definition) is 0. The Labute approximate surface area is 112 Å². The van der Waals surface area contributed by atoms with Crippen LogP contribution in [0.5, 0.6) is 0 Å². The minimum absolute atomic E-state index is 0.0714. The monoisotopic (exact) mass is 266 g/mol. The highest BCUT2D eigenvalue weighted by Crippen LogP contribution is 2.09. The summed E-state index contributed by atoms with van der Waals surface area (Å²) in [5.74, 6) is -0.157. The lowest BCUT2D eigenvalue weighted by Gasteiger charge is -2.28. The molecule has 0 bridgehead atoms. The minimum Gasteiger partial charge on any atom is -0.378 e. The molecule has 0 spiro atoms. The Morgan fingerprint density at radius 2 is 2.05 bits per heavy atom. The molecule has 1 heterocycles. The largest absolute Gasteiger partial charge is 0.378 e. The van der Waals surface area contributed by atoms with Crippen molar-refractivity contribution in [3.05, 3.63) is 35.6 Å². The topological polar surface area (TPSA) is 32.8 Å². The average molecular weight is 266 g/mol. The van der Waals surface area contributed by atoms with E-state index >= 15 is 0 Å². The summed E-state index contributed by atoms with van der Waals surface area (Å²) in [5, 5.41) is 0. The maximum absolute atomic E-state index is 13.5. The molecule has 2 rings (SSSR count). The molecule has 0 radical (unpaired) electrons. The molecular formula is C14H19FN2O2. The fourth-order valence-corrected chi connectivity index (χ4v) is 2.12. The Morgan fingerprint density at radius 3 is 2.74 bits per heavy atom. The van der Waals surface area contributed by atoms with Gasteiger partial charge in [0, 0.05) is 25.2 Å². The van der Waals surface area contributed by atoms with Crippen LogP contribution in [0.1, 0.15) is 5.56 Å². The van der Waals surface area contributed by atoms with Gasteiger partial charge in [-0.05, 0) is 13.1 Å². The summed E-state index contributed by atoms with van der Waals surface area (Å²) in [5.41, 5.74) is 0.611. The van der Waals surface area contributed by atoms with Crippen molar-refractivity contribution >= 4 is 5.91 Å². The van der Waals surface area contributed by atoms with Gasteiger partial charge in [0.15, 0.2) is 0 Å². The number of halogens is 1. The van der Waals surface area contributed by atoms with Crippen molar-refractivity contribution in [2.75, 3.05) is 39.9 Å². The first kappa shape index (κ1) is 14.0. The van der Waals surface area contributed by atoms with Gasteiger partial charge in [-0.3, -0.25) is 9.69 Å². The zero-order valence-electron chi connectivity index (χ0n) is 11.1. The van der Waals surface area contributed by atoms with Gasteiger partial charge in [0.05, 0.1) is 19.8 Å². The van der Waals surface area contributed by atoms with Crippen LogP contribution in [0.25, 0.3) is 0 Å². The molecule has 0 atom stereocenters. The highest BCUT2D eigenvalue weighted by molar-refractivity contribution is 5.78. The summed E-state index contributed by atoms with van der Waals surface area (Å²) in [6.07, 6.45) is 0. The zero-order valence-corrected chi connectivity index (χ0v) is 11.1. The highest BCUT2D eigenvalue weighted by atomic mass is 19.1. The molecule has 1 aromatic rings. The lowest BCUT2D eigenvalue weighted by molar-refractivity contribution is -0.136. The summed E-state index contributed by atoms with van der Waals surface area (Å²) in [6, 6.07) is 6.64. The molecule has 0 saturated carbocycles. The lowest BCUT2D eigenvalue weighted by Crippen LogP contribution is -2.44. The van der Waals surface area contributed by atoms with Gasteiger partial charge in [-0.2, -0.15) is 0 Å². The van der Waals surface area contributed by atoms with E-state index in [9.17, 15) is 9.18 Å². The van der Waals surface area contributed by atoms with Crippen molar-refractivity contribution in [2.24, 2.45) is 0 Å². The van der Waals surface area contributed by atoms with Crippen LogP contribution in [0.4, 0.5) is 4.39 Å². The fourth-order valence-electron chi connectivity index (χ4n) is 2.12. The Kier molecular flexibility index (Phi) is 4.87. The molecule has 1 amide bonds. The van der Waals surface area contributed by atoms with Gasteiger partial charge in [0.2, 0.25) is 5.91 Å². The van der Waals surface area contributed by atoms with E-state index in [0.717, 1.165) is 0 Å². The van der Waals surface area contributed by atoms with Crippen molar-refractivity contribution in [3.63, 3.8) is 0 Å². The van der Waals surface area contributed by atoms with Gasteiger partial charge in [-0.15, -0.1) is 0 Å². The van der Waals surface area contributed by atoms with Gasteiger partial charge < -0.3 is 9.64 Å². The zero-order chi connectivity index (χ0) is 13.7. The Morgan fingerprint density at radius 1 is 1.37 bits per heavy atom. The second-order valence-corrected chi connectivity index (χ2v) is 4.76. The summed E-state index contributed by atoms with van der Waals surface area (Å²) < 4.78 is 18.7. The van der Waals surface area contributed by atoms with Crippen LogP contribution >= 0.6 is 0 Å². The SMILES string of the molecule is CN(CC(=O)N1CCOCC1)Cc1ccccc1F. The third-order valence-corrected chi connectivity index (χ3v) is 3.17. The van der Waals surface area contributed by atoms with E-state index in [1.807, 2.05) is 11.9 Å². The molecule has 0 N–H and O–H groups in total. The van der Waals surface area contributed by atoms with Crippen LogP contribution in [0.3, 0.4) is 0 Å². The maximum Gasteiger partial charge on any atom is 0.236 e. The van der Waals surface area contributed by atoms with Crippen LogP contribution < -0.4 is 0 Å². The fraction of sp³-hybridized carbons (Fsp3) is 0.500. The van der Waals surface area contributed by atoms with Gasteiger partial charge in [-0.25, -0.2) is 4.39 Å². The number of ether oxygens (including phenoxy) is 1. The Balaban J connectivity index is 1.85. The molecule has 1 aromatic carbocycles. The number of carbonyl (C=O) groups excluding carboxylic acids is 1. The van der Waals surface area contributed by atoms with E-state index in [1.165, 1.54) is 6.07 Å². The third-order valence-electron chi connectivity index (χ3n) is 3.17. The first-order valence-corrected chi connectivity index (χ1v) is 6.44. The second-order valence-electron chi connectivity index (χ2n) is 4.76. The van der Waals surface area contributed by atoms with Crippen LogP contribution in [0.2, 0.25) is 0 Å². The molecular weight excluding hydrogens is 247 g/mol. The molecule has 5 heteroatoms. The van der Waals surface area contributed by atoms with Crippen molar-refractivity contribution < 1.29 is 13.9 Å².